The average Bonchev–Trinajstić information content (AvgIpc) is 2.18. The molecule has 0 bridgehead atoms. The lowest BCUT2D eigenvalue weighted by Crippen LogP contribution is -2.32. The fourth-order valence-corrected chi connectivity index (χ4v) is 1.44. The van der Waals surface area contributed by atoms with Gasteiger partial charge in [-0.1, -0.05) is 0 Å². The van der Waals surface area contributed by atoms with Crippen LogP contribution in [0.3, 0.4) is 0 Å². The van der Waals surface area contributed by atoms with Gasteiger partial charge in [0.2, 0.25) is 0 Å². The van der Waals surface area contributed by atoms with E-state index in [0.29, 0.717) is 25.7 Å². The molecule has 1 aliphatic heterocycles. The molecule has 1 saturated heterocycles. The van der Waals surface area contributed by atoms with E-state index in [-0.39, 0.29) is 0 Å². The van der Waals surface area contributed by atoms with Gasteiger partial charge in [-0.3, -0.25) is 0 Å². The minimum atomic E-state index is -0.716. The molecule has 1 rings (SSSR count). The molecule has 0 aromatic carbocycles. The first-order valence-corrected chi connectivity index (χ1v) is 5.03. The van der Waals surface area contributed by atoms with Gasteiger partial charge >= 0.3 is 6.09 Å². The number of nitrogens with one attached hydrogen (secondary N) is 1. The van der Waals surface area contributed by atoms with Crippen LogP contribution in [0.5, 0.6) is 0 Å². The number of hydrogen-bond donors (Lipinski definition) is 2. The second kappa shape index (κ2) is 6.62. The number of ether oxygens (including phenoxy) is 2. The van der Waals surface area contributed by atoms with Gasteiger partial charge in [-0.25, -0.2) is 4.79 Å². The van der Waals surface area contributed by atoms with Crippen LogP contribution >= 0.6 is 0 Å². The van der Waals surface area contributed by atoms with Crippen LogP contribution in [0.4, 0.5) is 4.79 Å². The Morgan fingerprint density at radius 2 is 2.07 bits per heavy atom. The van der Waals surface area contributed by atoms with Crippen LogP contribution < -0.4 is 11.1 Å². The quantitative estimate of drug-likeness (QED) is 0.626. The Morgan fingerprint density at radius 1 is 1.36 bits per heavy atom. The molecular formula is C9H18N2O3. The fraction of sp³-hybridized carbons (Fsp3) is 0.889. The van der Waals surface area contributed by atoms with E-state index in [1.807, 2.05) is 0 Å². The lowest BCUT2D eigenvalue weighted by Gasteiger charge is -2.22. The largest absolute Gasteiger partial charge is 0.450 e. The Hall–Kier alpha value is -0.810. The molecule has 0 aromatic heterocycles. The van der Waals surface area contributed by atoms with Crippen molar-refractivity contribution in [1.82, 2.24) is 5.32 Å². The third-order valence-electron chi connectivity index (χ3n) is 2.17. The van der Waals surface area contributed by atoms with Gasteiger partial charge in [-0.05, 0) is 25.9 Å². The van der Waals surface area contributed by atoms with Gasteiger partial charge in [0.1, 0.15) is 0 Å². The summed E-state index contributed by atoms with van der Waals surface area (Å²) in [7, 11) is 0. The maximum atomic E-state index is 10.2. The van der Waals surface area contributed by atoms with Crippen LogP contribution in [-0.2, 0) is 9.47 Å². The molecule has 0 radical (unpaired) electrons. The molecule has 0 unspecified atom stereocenters. The second-order valence-electron chi connectivity index (χ2n) is 3.34. The summed E-state index contributed by atoms with van der Waals surface area (Å²) in [5.41, 5.74) is 4.81. The van der Waals surface area contributed by atoms with Crippen LogP contribution in [0.25, 0.3) is 0 Å². The predicted octanol–water partition coefficient (Wildman–Crippen LogP) is 0.240. The van der Waals surface area contributed by atoms with Crippen molar-refractivity contribution in [2.45, 2.75) is 25.4 Å². The van der Waals surface area contributed by atoms with Gasteiger partial charge in [0.15, 0.2) is 0 Å². The van der Waals surface area contributed by atoms with E-state index >= 15 is 0 Å². The van der Waals surface area contributed by atoms with Gasteiger partial charge in [0.05, 0.1) is 19.3 Å². The summed E-state index contributed by atoms with van der Waals surface area (Å²) in [4.78, 5) is 10.2. The summed E-state index contributed by atoms with van der Waals surface area (Å²) >= 11 is 0. The minimum absolute atomic E-state index is 0.348. The van der Waals surface area contributed by atoms with Crippen LogP contribution in [0.15, 0.2) is 0 Å². The van der Waals surface area contributed by atoms with Crippen molar-refractivity contribution < 1.29 is 14.3 Å². The van der Waals surface area contributed by atoms with E-state index < -0.39 is 6.09 Å². The van der Waals surface area contributed by atoms with E-state index in [0.717, 1.165) is 25.9 Å². The van der Waals surface area contributed by atoms with Crippen molar-refractivity contribution in [3.05, 3.63) is 0 Å². The zero-order chi connectivity index (χ0) is 10.2. The SMILES string of the molecule is NC(=O)OCCCOC1CCNCC1. The first-order valence-electron chi connectivity index (χ1n) is 5.03. The molecule has 1 fully saturated rings. The van der Waals surface area contributed by atoms with E-state index in [2.05, 4.69) is 10.1 Å². The summed E-state index contributed by atoms with van der Waals surface area (Å²) in [5, 5.41) is 3.27. The van der Waals surface area contributed by atoms with E-state index in [1.54, 1.807) is 0 Å². The zero-order valence-corrected chi connectivity index (χ0v) is 8.33. The van der Waals surface area contributed by atoms with Crippen molar-refractivity contribution in [2.24, 2.45) is 5.73 Å². The van der Waals surface area contributed by atoms with Gasteiger partial charge in [0, 0.05) is 6.42 Å². The summed E-state index contributed by atoms with van der Waals surface area (Å²) in [5.74, 6) is 0. The fourth-order valence-electron chi connectivity index (χ4n) is 1.44. The normalized spacial score (nSPS) is 18.0. The molecular weight excluding hydrogens is 184 g/mol. The highest BCUT2D eigenvalue weighted by Gasteiger charge is 2.12. The first-order chi connectivity index (χ1) is 6.79. The smallest absolute Gasteiger partial charge is 0.404 e. The minimum Gasteiger partial charge on any atom is -0.450 e. The second-order valence-corrected chi connectivity index (χ2v) is 3.34. The predicted molar refractivity (Wildman–Crippen MR) is 52.0 cm³/mol. The molecule has 0 aliphatic carbocycles. The molecule has 0 aromatic rings. The number of hydrogen-bond acceptors (Lipinski definition) is 4. The Kier molecular flexibility index (Phi) is 5.32. The Labute approximate surface area is 83.9 Å². The van der Waals surface area contributed by atoms with Gasteiger partial charge in [-0.2, -0.15) is 0 Å². The highest BCUT2D eigenvalue weighted by atomic mass is 16.5. The molecule has 5 nitrogen and oxygen atoms in total. The number of rotatable bonds is 5. The number of nitrogens with two attached hydrogens (primary N) is 1. The van der Waals surface area contributed by atoms with Crippen molar-refractivity contribution >= 4 is 6.09 Å². The molecule has 14 heavy (non-hydrogen) atoms. The number of amides is 1. The summed E-state index contributed by atoms with van der Waals surface area (Å²) in [6.45, 7) is 3.04. The third kappa shape index (κ3) is 5.04. The van der Waals surface area contributed by atoms with E-state index in [1.165, 1.54) is 0 Å². The lowest BCUT2D eigenvalue weighted by molar-refractivity contribution is 0.0242. The highest BCUT2D eigenvalue weighted by Crippen LogP contribution is 2.07. The summed E-state index contributed by atoms with van der Waals surface area (Å²) in [6.07, 6.45) is 2.50. The van der Waals surface area contributed by atoms with Gasteiger partial charge < -0.3 is 20.5 Å². The van der Waals surface area contributed by atoms with Gasteiger partial charge in [-0.15, -0.1) is 0 Å². The zero-order valence-electron chi connectivity index (χ0n) is 8.33. The van der Waals surface area contributed by atoms with Crippen molar-refractivity contribution in [1.29, 1.82) is 0 Å². The van der Waals surface area contributed by atoms with Crippen LogP contribution in [0.1, 0.15) is 19.3 Å². The average molecular weight is 202 g/mol. The topological polar surface area (TPSA) is 73.6 Å². The molecule has 0 spiro atoms. The maximum Gasteiger partial charge on any atom is 0.404 e. The Balaban J connectivity index is 1.90. The number of piperidine rings is 1. The molecule has 82 valence electrons. The Bertz CT molecular complexity index is 169. The summed E-state index contributed by atoms with van der Waals surface area (Å²) in [6, 6.07) is 0. The third-order valence-corrected chi connectivity index (χ3v) is 2.17. The molecule has 3 N–H and O–H groups in total. The molecule has 1 aliphatic rings. The number of carbonyl (C=O) groups is 1. The van der Waals surface area contributed by atoms with Gasteiger partial charge in [0.25, 0.3) is 0 Å². The maximum absolute atomic E-state index is 10.2. The van der Waals surface area contributed by atoms with Crippen LogP contribution in [0.2, 0.25) is 0 Å². The molecule has 0 atom stereocenters. The number of primary amides is 1. The Morgan fingerprint density at radius 3 is 2.71 bits per heavy atom. The van der Waals surface area contributed by atoms with Crippen LogP contribution in [0, 0.1) is 0 Å². The monoisotopic (exact) mass is 202 g/mol. The summed E-state index contributed by atoms with van der Waals surface area (Å²) < 4.78 is 10.2. The standard InChI is InChI=1S/C9H18N2O3/c10-9(12)14-7-1-6-13-8-2-4-11-5-3-8/h8,11H,1-7H2,(H2,10,12). The molecule has 5 heteroatoms. The first kappa shape index (κ1) is 11.3. The van der Waals surface area contributed by atoms with Crippen molar-refractivity contribution in [2.75, 3.05) is 26.3 Å². The van der Waals surface area contributed by atoms with E-state index in [9.17, 15) is 4.79 Å². The van der Waals surface area contributed by atoms with Crippen LogP contribution in [-0.4, -0.2) is 38.5 Å². The molecule has 1 heterocycles. The van der Waals surface area contributed by atoms with E-state index in [4.69, 9.17) is 10.5 Å². The number of carbonyl (C=O) groups excluding carboxylic acids is 1. The molecule has 0 saturated carbocycles. The molecule has 1 amide bonds. The van der Waals surface area contributed by atoms with Crippen molar-refractivity contribution in [3.8, 4) is 0 Å². The van der Waals surface area contributed by atoms with Crippen molar-refractivity contribution in [3.63, 3.8) is 0 Å². The highest BCUT2D eigenvalue weighted by molar-refractivity contribution is 5.64. The lowest BCUT2D eigenvalue weighted by atomic mass is 10.1.